The predicted molar refractivity (Wildman–Crippen MR) is 80.7 cm³/mol. The van der Waals surface area contributed by atoms with Crippen molar-refractivity contribution in [3.05, 3.63) is 23.8 Å². The minimum atomic E-state index is -4.39. The quantitative estimate of drug-likeness (QED) is 0.717. The molecule has 5 nitrogen and oxygen atoms in total. The third-order valence-electron chi connectivity index (χ3n) is 3.00. The number of aryl methyl sites for hydroxylation is 1. The first kappa shape index (κ1) is 19.1. The summed E-state index contributed by atoms with van der Waals surface area (Å²) < 4.78 is 41.1. The van der Waals surface area contributed by atoms with Gasteiger partial charge in [-0.1, -0.05) is 0 Å². The Bertz CT molecular complexity index is 521. The number of hydrogen-bond acceptors (Lipinski definition) is 3. The number of nitrogens with one attached hydrogen (secondary N) is 2. The average molecular weight is 334 g/mol. The molecule has 0 saturated heterocycles. The number of alkyl halides is 3. The van der Waals surface area contributed by atoms with Crippen LogP contribution in [-0.4, -0.2) is 36.6 Å². The Morgan fingerprint density at radius 1 is 1.39 bits per heavy atom. The predicted octanol–water partition coefficient (Wildman–Crippen LogP) is 3.22. The van der Waals surface area contributed by atoms with E-state index in [-0.39, 0.29) is 18.4 Å². The van der Waals surface area contributed by atoms with Gasteiger partial charge in [-0.15, -0.1) is 0 Å². The highest BCUT2D eigenvalue weighted by molar-refractivity contribution is 5.89. The van der Waals surface area contributed by atoms with Gasteiger partial charge in [0.25, 0.3) is 0 Å². The van der Waals surface area contributed by atoms with E-state index in [2.05, 4.69) is 10.6 Å². The SMILES string of the molecule is Cc1cc(NC(=O)NC(C)CCCO)ccc1OCC(F)(F)F. The van der Waals surface area contributed by atoms with Crippen LogP contribution >= 0.6 is 0 Å². The van der Waals surface area contributed by atoms with Crippen molar-refractivity contribution in [2.45, 2.75) is 38.9 Å². The number of aliphatic hydroxyl groups excluding tert-OH is 1. The van der Waals surface area contributed by atoms with Gasteiger partial charge in [0.15, 0.2) is 6.61 Å². The minimum Gasteiger partial charge on any atom is -0.484 e. The molecular weight excluding hydrogens is 313 g/mol. The summed E-state index contributed by atoms with van der Waals surface area (Å²) in [5.41, 5.74) is 0.939. The molecule has 1 rings (SSSR count). The van der Waals surface area contributed by atoms with Gasteiger partial charge in [0, 0.05) is 18.3 Å². The number of benzene rings is 1. The second-order valence-electron chi connectivity index (χ2n) is 5.25. The number of halogens is 3. The summed E-state index contributed by atoms with van der Waals surface area (Å²) in [5.74, 6) is 0.115. The molecule has 0 aliphatic heterocycles. The van der Waals surface area contributed by atoms with Crippen LogP contribution in [0.15, 0.2) is 18.2 Å². The van der Waals surface area contributed by atoms with Crippen LogP contribution in [0.25, 0.3) is 0 Å². The second-order valence-corrected chi connectivity index (χ2v) is 5.25. The lowest BCUT2D eigenvalue weighted by Crippen LogP contribution is -2.36. The van der Waals surface area contributed by atoms with Crippen LogP contribution in [0.5, 0.6) is 5.75 Å². The first-order valence-corrected chi connectivity index (χ1v) is 7.20. The van der Waals surface area contributed by atoms with E-state index in [0.717, 1.165) is 0 Å². The van der Waals surface area contributed by atoms with Crippen molar-refractivity contribution in [1.29, 1.82) is 0 Å². The molecule has 0 aliphatic carbocycles. The van der Waals surface area contributed by atoms with Crippen LogP contribution in [0, 0.1) is 6.92 Å². The van der Waals surface area contributed by atoms with Gasteiger partial charge in [-0.2, -0.15) is 13.2 Å². The van der Waals surface area contributed by atoms with E-state index >= 15 is 0 Å². The Hall–Kier alpha value is -1.96. The first-order valence-electron chi connectivity index (χ1n) is 7.20. The molecule has 130 valence electrons. The molecular formula is C15H21F3N2O3. The molecule has 0 spiro atoms. The van der Waals surface area contributed by atoms with Gasteiger partial charge in [0.1, 0.15) is 5.75 Å². The van der Waals surface area contributed by atoms with Crippen LogP contribution < -0.4 is 15.4 Å². The minimum absolute atomic E-state index is 0.0617. The Balaban J connectivity index is 2.55. The van der Waals surface area contributed by atoms with Crippen LogP contribution in [-0.2, 0) is 0 Å². The molecule has 0 bridgehead atoms. The maximum Gasteiger partial charge on any atom is 0.422 e. The topological polar surface area (TPSA) is 70.6 Å². The fourth-order valence-corrected chi connectivity index (χ4v) is 1.91. The summed E-state index contributed by atoms with van der Waals surface area (Å²) in [7, 11) is 0. The molecule has 1 aromatic carbocycles. The Morgan fingerprint density at radius 3 is 2.65 bits per heavy atom. The fourth-order valence-electron chi connectivity index (χ4n) is 1.91. The van der Waals surface area contributed by atoms with Gasteiger partial charge in [0.2, 0.25) is 0 Å². The van der Waals surface area contributed by atoms with Crippen LogP contribution in [0.2, 0.25) is 0 Å². The summed E-state index contributed by atoms with van der Waals surface area (Å²) in [4.78, 5) is 11.8. The van der Waals surface area contributed by atoms with E-state index < -0.39 is 18.8 Å². The largest absolute Gasteiger partial charge is 0.484 e. The normalized spacial score (nSPS) is 12.6. The smallest absolute Gasteiger partial charge is 0.422 e. The summed E-state index contributed by atoms with van der Waals surface area (Å²) in [6, 6.07) is 3.86. The van der Waals surface area contributed by atoms with Crippen molar-refractivity contribution in [1.82, 2.24) is 5.32 Å². The monoisotopic (exact) mass is 334 g/mol. The Labute approximate surface area is 132 Å². The van der Waals surface area contributed by atoms with Gasteiger partial charge >= 0.3 is 12.2 Å². The lowest BCUT2D eigenvalue weighted by atomic mass is 10.2. The summed E-state index contributed by atoms with van der Waals surface area (Å²) in [6.07, 6.45) is -3.16. The molecule has 0 aromatic heterocycles. The third-order valence-corrected chi connectivity index (χ3v) is 3.00. The highest BCUT2D eigenvalue weighted by Gasteiger charge is 2.28. The number of amides is 2. The molecule has 1 unspecified atom stereocenters. The van der Waals surface area contributed by atoms with Crippen molar-refractivity contribution < 1.29 is 27.8 Å². The number of rotatable bonds is 7. The molecule has 0 radical (unpaired) electrons. The highest BCUT2D eigenvalue weighted by atomic mass is 19.4. The molecule has 0 heterocycles. The van der Waals surface area contributed by atoms with Crippen LogP contribution in [0.4, 0.5) is 23.7 Å². The molecule has 8 heteroatoms. The van der Waals surface area contributed by atoms with Gasteiger partial charge in [-0.25, -0.2) is 4.79 Å². The number of ether oxygens (including phenoxy) is 1. The van der Waals surface area contributed by atoms with E-state index in [1.54, 1.807) is 6.92 Å². The highest BCUT2D eigenvalue weighted by Crippen LogP contribution is 2.24. The van der Waals surface area contributed by atoms with Crippen molar-refractivity contribution in [2.24, 2.45) is 0 Å². The van der Waals surface area contributed by atoms with E-state index in [0.29, 0.717) is 24.1 Å². The lowest BCUT2D eigenvalue weighted by Gasteiger charge is -2.15. The number of aliphatic hydroxyl groups is 1. The Kier molecular flexibility index (Phi) is 7.15. The summed E-state index contributed by atoms with van der Waals surface area (Å²) >= 11 is 0. The summed E-state index contributed by atoms with van der Waals surface area (Å²) in [5, 5.41) is 14.0. The molecule has 1 atom stereocenters. The maximum atomic E-state index is 12.1. The summed E-state index contributed by atoms with van der Waals surface area (Å²) in [6.45, 7) is 2.11. The van der Waals surface area contributed by atoms with Crippen molar-refractivity contribution in [2.75, 3.05) is 18.5 Å². The number of hydrogen-bond donors (Lipinski definition) is 3. The maximum absolute atomic E-state index is 12.1. The zero-order chi connectivity index (χ0) is 17.5. The molecule has 0 aliphatic rings. The Morgan fingerprint density at radius 2 is 2.09 bits per heavy atom. The van der Waals surface area contributed by atoms with Gasteiger partial charge < -0.3 is 20.5 Å². The van der Waals surface area contributed by atoms with Crippen LogP contribution in [0.3, 0.4) is 0 Å². The van der Waals surface area contributed by atoms with Crippen molar-refractivity contribution >= 4 is 11.7 Å². The standard InChI is InChI=1S/C15H21F3N2O3/c1-10-8-12(5-6-13(10)23-9-15(16,17)18)20-14(22)19-11(2)4-3-7-21/h5-6,8,11,21H,3-4,7,9H2,1-2H3,(H2,19,20,22). The molecule has 1 aromatic rings. The molecule has 3 N–H and O–H groups in total. The molecule has 0 saturated carbocycles. The average Bonchev–Trinajstić information content (AvgIpc) is 2.43. The lowest BCUT2D eigenvalue weighted by molar-refractivity contribution is -0.153. The van der Waals surface area contributed by atoms with E-state index in [9.17, 15) is 18.0 Å². The van der Waals surface area contributed by atoms with Crippen molar-refractivity contribution in [3.63, 3.8) is 0 Å². The van der Waals surface area contributed by atoms with E-state index in [4.69, 9.17) is 9.84 Å². The first-order chi connectivity index (χ1) is 10.7. The van der Waals surface area contributed by atoms with Gasteiger partial charge in [0.05, 0.1) is 0 Å². The van der Waals surface area contributed by atoms with Crippen LogP contribution in [0.1, 0.15) is 25.3 Å². The number of anilines is 1. The molecule has 0 fully saturated rings. The number of carbonyl (C=O) groups is 1. The molecule has 2 amide bonds. The molecule has 23 heavy (non-hydrogen) atoms. The van der Waals surface area contributed by atoms with E-state index in [1.165, 1.54) is 18.2 Å². The second kappa shape index (κ2) is 8.61. The third kappa shape index (κ3) is 7.73. The van der Waals surface area contributed by atoms with Crippen molar-refractivity contribution in [3.8, 4) is 5.75 Å². The number of urea groups is 1. The fraction of sp³-hybridized carbons (Fsp3) is 0.533. The van der Waals surface area contributed by atoms with Gasteiger partial charge in [-0.05, 0) is 50.5 Å². The number of carbonyl (C=O) groups excluding carboxylic acids is 1. The van der Waals surface area contributed by atoms with E-state index in [1.807, 2.05) is 6.92 Å². The van der Waals surface area contributed by atoms with Gasteiger partial charge in [-0.3, -0.25) is 0 Å². The zero-order valence-electron chi connectivity index (χ0n) is 13.0. The zero-order valence-corrected chi connectivity index (χ0v) is 13.0.